The maximum Gasteiger partial charge on any atom is 0.269 e. The van der Waals surface area contributed by atoms with Crippen LogP contribution in [0.15, 0.2) is 59.6 Å². The van der Waals surface area contributed by atoms with Gasteiger partial charge in [-0.3, -0.25) is 15.1 Å². The van der Waals surface area contributed by atoms with E-state index in [1.54, 1.807) is 18.3 Å². The molecule has 0 N–H and O–H groups in total. The summed E-state index contributed by atoms with van der Waals surface area (Å²) in [6, 6.07) is 16.4. The molecule has 4 heteroatoms. The van der Waals surface area contributed by atoms with Crippen molar-refractivity contribution in [2.24, 2.45) is 4.99 Å². The number of nitro groups is 1. The van der Waals surface area contributed by atoms with Crippen molar-refractivity contribution >= 4 is 11.9 Å². The predicted molar refractivity (Wildman–Crippen MR) is 75.5 cm³/mol. The molecule has 0 fully saturated rings. The molecule has 0 aliphatic heterocycles. The maximum absolute atomic E-state index is 10.5. The Kier molecular flexibility index (Phi) is 4.03. The molecule has 0 radical (unpaired) electrons. The Morgan fingerprint density at radius 2 is 1.74 bits per heavy atom. The van der Waals surface area contributed by atoms with E-state index in [-0.39, 0.29) is 11.7 Å². The second-order valence-electron chi connectivity index (χ2n) is 4.21. The van der Waals surface area contributed by atoms with Crippen molar-refractivity contribution in [1.29, 1.82) is 0 Å². The maximum atomic E-state index is 10.5. The van der Waals surface area contributed by atoms with Crippen LogP contribution < -0.4 is 0 Å². The average molecular weight is 254 g/mol. The van der Waals surface area contributed by atoms with Gasteiger partial charge in [0.25, 0.3) is 5.69 Å². The molecule has 0 spiro atoms. The lowest BCUT2D eigenvalue weighted by atomic mass is 10.1. The van der Waals surface area contributed by atoms with Crippen molar-refractivity contribution in [2.45, 2.75) is 13.0 Å². The molecule has 96 valence electrons. The molecule has 0 saturated heterocycles. The molecule has 0 heterocycles. The molecule has 2 aromatic rings. The van der Waals surface area contributed by atoms with E-state index in [9.17, 15) is 10.1 Å². The zero-order valence-electron chi connectivity index (χ0n) is 10.6. The minimum absolute atomic E-state index is 0.0661. The first-order valence-electron chi connectivity index (χ1n) is 5.99. The van der Waals surface area contributed by atoms with E-state index >= 15 is 0 Å². The van der Waals surface area contributed by atoms with Gasteiger partial charge in [-0.1, -0.05) is 30.3 Å². The van der Waals surface area contributed by atoms with Crippen molar-refractivity contribution in [2.75, 3.05) is 0 Å². The number of nitro benzene ring substituents is 1. The predicted octanol–water partition coefficient (Wildman–Crippen LogP) is 3.77. The number of aliphatic imine (C=N–C) groups is 1. The van der Waals surface area contributed by atoms with Gasteiger partial charge in [-0.25, -0.2) is 0 Å². The quantitative estimate of drug-likeness (QED) is 0.473. The molecular weight excluding hydrogens is 240 g/mol. The number of non-ortho nitro benzene ring substituents is 1. The third-order valence-corrected chi connectivity index (χ3v) is 2.83. The molecule has 2 aromatic carbocycles. The summed E-state index contributed by atoms with van der Waals surface area (Å²) in [5.41, 5.74) is 2.09. The van der Waals surface area contributed by atoms with Gasteiger partial charge < -0.3 is 0 Å². The summed E-state index contributed by atoms with van der Waals surface area (Å²) in [6.45, 7) is 2.01. The molecule has 4 nitrogen and oxygen atoms in total. The third-order valence-electron chi connectivity index (χ3n) is 2.83. The number of hydrogen-bond donors (Lipinski definition) is 0. The first-order chi connectivity index (χ1) is 9.16. The Morgan fingerprint density at radius 1 is 1.11 bits per heavy atom. The Balaban J connectivity index is 2.08. The second kappa shape index (κ2) is 5.91. The summed E-state index contributed by atoms with van der Waals surface area (Å²) < 4.78 is 0. The molecule has 2 rings (SSSR count). The van der Waals surface area contributed by atoms with Crippen LogP contribution in [0.25, 0.3) is 0 Å². The van der Waals surface area contributed by atoms with Gasteiger partial charge in [-0.2, -0.15) is 0 Å². The standard InChI is InChI=1S/C15H14N2O2/c1-12(14-5-3-2-4-6-14)16-11-13-7-9-15(10-8-13)17(18)19/h2-12H,1H3/b16-11+/t12-/m0/s1. The fraction of sp³-hybridized carbons (Fsp3) is 0.133. The molecule has 0 saturated carbocycles. The van der Waals surface area contributed by atoms with Crippen molar-refractivity contribution in [1.82, 2.24) is 0 Å². The van der Waals surface area contributed by atoms with Crippen molar-refractivity contribution in [3.05, 3.63) is 75.8 Å². The summed E-state index contributed by atoms with van der Waals surface area (Å²) in [5, 5.41) is 10.5. The molecule has 0 aliphatic carbocycles. The highest BCUT2D eigenvalue weighted by Gasteiger charge is 2.03. The molecule has 1 atom stereocenters. The number of hydrogen-bond acceptors (Lipinski definition) is 3. The SMILES string of the molecule is C[C@H](/N=C/c1ccc([N+](=O)[O-])cc1)c1ccccc1. The second-order valence-corrected chi connectivity index (χ2v) is 4.21. The highest BCUT2D eigenvalue weighted by molar-refractivity contribution is 5.80. The Hall–Kier alpha value is -2.49. The van der Waals surface area contributed by atoms with Gasteiger partial charge in [0.2, 0.25) is 0 Å². The Bertz CT molecular complexity index is 577. The van der Waals surface area contributed by atoms with Gasteiger partial charge in [-0.15, -0.1) is 0 Å². The van der Waals surface area contributed by atoms with E-state index in [2.05, 4.69) is 4.99 Å². The smallest absolute Gasteiger partial charge is 0.269 e. The van der Waals surface area contributed by atoms with Crippen molar-refractivity contribution in [3.8, 4) is 0 Å². The van der Waals surface area contributed by atoms with Gasteiger partial charge in [-0.05, 0) is 30.2 Å². The normalized spacial score (nSPS) is 12.5. The fourth-order valence-electron chi connectivity index (χ4n) is 1.70. The van der Waals surface area contributed by atoms with Gasteiger partial charge in [0.15, 0.2) is 0 Å². The molecule has 0 bridgehead atoms. The van der Waals surface area contributed by atoms with Crippen LogP contribution in [0.1, 0.15) is 24.1 Å². The van der Waals surface area contributed by atoms with E-state index in [4.69, 9.17) is 0 Å². The first-order valence-corrected chi connectivity index (χ1v) is 5.99. The lowest BCUT2D eigenvalue weighted by Crippen LogP contribution is -1.91. The van der Waals surface area contributed by atoms with E-state index in [0.717, 1.165) is 11.1 Å². The molecule has 0 aromatic heterocycles. The molecule has 19 heavy (non-hydrogen) atoms. The van der Waals surface area contributed by atoms with Crippen LogP contribution in [0.5, 0.6) is 0 Å². The average Bonchev–Trinajstić information content (AvgIpc) is 2.46. The van der Waals surface area contributed by atoms with Crippen LogP contribution in [-0.2, 0) is 0 Å². The van der Waals surface area contributed by atoms with E-state index in [1.165, 1.54) is 12.1 Å². The Labute approximate surface area is 111 Å². The summed E-state index contributed by atoms with van der Waals surface area (Å²) in [7, 11) is 0. The topological polar surface area (TPSA) is 55.5 Å². The van der Waals surface area contributed by atoms with E-state index in [0.29, 0.717) is 0 Å². The minimum atomic E-state index is -0.409. The number of nitrogens with zero attached hydrogens (tertiary/aromatic N) is 2. The van der Waals surface area contributed by atoms with E-state index < -0.39 is 4.92 Å². The van der Waals surface area contributed by atoms with Crippen LogP contribution in [0.3, 0.4) is 0 Å². The highest BCUT2D eigenvalue weighted by atomic mass is 16.6. The number of rotatable bonds is 4. The molecule has 0 unspecified atom stereocenters. The number of benzene rings is 2. The van der Waals surface area contributed by atoms with Crippen LogP contribution in [0, 0.1) is 10.1 Å². The van der Waals surface area contributed by atoms with E-state index in [1.807, 2.05) is 37.3 Å². The van der Waals surface area contributed by atoms with Crippen LogP contribution >= 0.6 is 0 Å². The molecule has 0 aliphatic rings. The zero-order chi connectivity index (χ0) is 13.7. The summed E-state index contributed by atoms with van der Waals surface area (Å²) in [5.74, 6) is 0. The molecule has 0 amide bonds. The summed E-state index contributed by atoms with van der Waals surface area (Å²) in [4.78, 5) is 14.6. The summed E-state index contributed by atoms with van der Waals surface area (Å²) in [6.07, 6.45) is 1.74. The zero-order valence-corrected chi connectivity index (χ0v) is 10.6. The Morgan fingerprint density at radius 3 is 2.32 bits per heavy atom. The van der Waals surface area contributed by atoms with Gasteiger partial charge in [0.1, 0.15) is 0 Å². The lowest BCUT2D eigenvalue weighted by molar-refractivity contribution is -0.384. The van der Waals surface area contributed by atoms with Crippen LogP contribution in [0.4, 0.5) is 5.69 Å². The van der Waals surface area contributed by atoms with Gasteiger partial charge in [0, 0.05) is 18.3 Å². The third kappa shape index (κ3) is 3.48. The van der Waals surface area contributed by atoms with Crippen molar-refractivity contribution < 1.29 is 4.92 Å². The van der Waals surface area contributed by atoms with Gasteiger partial charge in [0.05, 0.1) is 11.0 Å². The first kappa shape index (κ1) is 13.0. The highest BCUT2D eigenvalue weighted by Crippen LogP contribution is 2.16. The monoisotopic (exact) mass is 254 g/mol. The van der Waals surface area contributed by atoms with Gasteiger partial charge >= 0.3 is 0 Å². The van der Waals surface area contributed by atoms with Crippen molar-refractivity contribution in [3.63, 3.8) is 0 Å². The largest absolute Gasteiger partial charge is 0.285 e. The van der Waals surface area contributed by atoms with Crippen LogP contribution in [-0.4, -0.2) is 11.1 Å². The fourth-order valence-corrected chi connectivity index (χ4v) is 1.70. The minimum Gasteiger partial charge on any atom is -0.285 e. The molecular formula is C15H14N2O2. The summed E-state index contributed by atoms with van der Waals surface area (Å²) >= 11 is 0. The lowest BCUT2D eigenvalue weighted by Gasteiger charge is -2.05. The van der Waals surface area contributed by atoms with Crippen LogP contribution in [0.2, 0.25) is 0 Å².